The lowest BCUT2D eigenvalue weighted by Crippen LogP contribution is -2.37. The first-order valence-corrected chi connectivity index (χ1v) is 8.54. The Morgan fingerprint density at radius 2 is 2.05 bits per heavy atom. The van der Waals surface area contributed by atoms with Crippen molar-refractivity contribution in [2.75, 3.05) is 0 Å². The summed E-state index contributed by atoms with van der Waals surface area (Å²) in [6, 6.07) is 1.29. The van der Waals surface area contributed by atoms with Gasteiger partial charge in [0, 0.05) is 30.4 Å². The summed E-state index contributed by atoms with van der Waals surface area (Å²) in [5.74, 6) is 0.998. The number of fused-ring (bicyclic) bond motifs is 1. The molecule has 20 heavy (non-hydrogen) atoms. The van der Waals surface area contributed by atoms with E-state index >= 15 is 0 Å². The molecule has 1 aromatic rings. The second kappa shape index (κ2) is 6.30. The molecule has 1 saturated carbocycles. The molecule has 3 rings (SSSR count). The van der Waals surface area contributed by atoms with Crippen LogP contribution in [0.5, 0.6) is 0 Å². The number of hydrogen-bond donors (Lipinski definition) is 1. The topological polar surface area (TPSA) is 29.9 Å². The summed E-state index contributed by atoms with van der Waals surface area (Å²) in [6.07, 6.45) is 14.3. The largest absolute Gasteiger partial charge is 0.307 e. The molecule has 1 unspecified atom stereocenters. The highest BCUT2D eigenvalue weighted by atomic mass is 15.3. The van der Waals surface area contributed by atoms with Gasteiger partial charge in [-0.05, 0) is 50.9 Å². The van der Waals surface area contributed by atoms with Crippen LogP contribution in [-0.4, -0.2) is 15.8 Å². The zero-order chi connectivity index (χ0) is 13.9. The molecular weight excluding hydrogens is 246 g/mol. The second-order valence-electron chi connectivity index (χ2n) is 6.79. The predicted molar refractivity (Wildman–Crippen MR) is 82.7 cm³/mol. The summed E-state index contributed by atoms with van der Waals surface area (Å²) < 4.78 is 2.07. The van der Waals surface area contributed by atoms with Gasteiger partial charge < -0.3 is 5.32 Å². The Bertz CT molecular complexity index is 429. The molecule has 0 aromatic carbocycles. The van der Waals surface area contributed by atoms with Gasteiger partial charge in [0.05, 0.1) is 6.20 Å². The maximum atomic E-state index is 4.45. The number of rotatable bonds is 4. The van der Waals surface area contributed by atoms with Gasteiger partial charge in [-0.2, -0.15) is 5.10 Å². The van der Waals surface area contributed by atoms with E-state index in [1.165, 1.54) is 69.0 Å². The maximum absolute atomic E-state index is 4.45. The molecule has 1 fully saturated rings. The van der Waals surface area contributed by atoms with Crippen LogP contribution in [0, 0.1) is 5.92 Å². The summed E-state index contributed by atoms with van der Waals surface area (Å²) in [5.41, 5.74) is 2.92. The van der Waals surface area contributed by atoms with Crippen molar-refractivity contribution in [3.63, 3.8) is 0 Å². The zero-order valence-electron chi connectivity index (χ0n) is 13.1. The minimum Gasteiger partial charge on any atom is -0.307 e. The van der Waals surface area contributed by atoms with Gasteiger partial charge >= 0.3 is 0 Å². The van der Waals surface area contributed by atoms with Gasteiger partial charge in [0.2, 0.25) is 0 Å². The average Bonchev–Trinajstić information content (AvgIpc) is 2.84. The Balaban J connectivity index is 1.57. The number of aryl methyl sites for hydroxylation is 1. The van der Waals surface area contributed by atoms with Crippen LogP contribution < -0.4 is 5.32 Å². The van der Waals surface area contributed by atoms with Crippen LogP contribution in [0.1, 0.15) is 75.6 Å². The van der Waals surface area contributed by atoms with Crippen LogP contribution in [0.3, 0.4) is 0 Å². The van der Waals surface area contributed by atoms with Crippen molar-refractivity contribution >= 4 is 0 Å². The smallest absolute Gasteiger partial charge is 0.0540 e. The van der Waals surface area contributed by atoms with Crippen LogP contribution >= 0.6 is 0 Å². The molecule has 3 nitrogen and oxygen atoms in total. The van der Waals surface area contributed by atoms with Crippen molar-refractivity contribution < 1.29 is 0 Å². The van der Waals surface area contributed by atoms with Crippen LogP contribution in [0.2, 0.25) is 0 Å². The van der Waals surface area contributed by atoms with E-state index in [1.807, 2.05) is 0 Å². The highest BCUT2D eigenvalue weighted by Crippen LogP contribution is 2.33. The molecule has 0 spiro atoms. The Kier molecular flexibility index (Phi) is 4.45. The van der Waals surface area contributed by atoms with E-state index in [-0.39, 0.29) is 0 Å². The molecule has 1 aromatic heterocycles. The Morgan fingerprint density at radius 3 is 2.80 bits per heavy atom. The highest BCUT2D eigenvalue weighted by molar-refractivity contribution is 5.24. The predicted octanol–water partition coefficient (Wildman–Crippen LogP) is 3.75. The van der Waals surface area contributed by atoms with Gasteiger partial charge in [-0.25, -0.2) is 0 Å². The van der Waals surface area contributed by atoms with Crippen molar-refractivity contribution in [2.24, 2.45) is 13.0 Å². The number of aromatic nitrogens is 2. The summed E-state index contributed by atoms with van der Waals surface area (Å²) in [6.45, 7) is 2.32. The van der Waals surface area contributed by atoms with E-state index < -0.39 is 0 Å². The minimum absolute atomic E-state index is 0.556. The molecule has 3 heteroatoms. The fraction of sp³-hybridized carbons (Fsp3) is 0.824. The van der Waals surface area contributed by atoms with Crippen molar-refractivity contribution in [3.8, 4) is 0 Å². The highest BCUT2D eigenvalue weighted by Gasteiger charge is 2.27. The monoisotopic (exact) mass is 275 g/mol. The minimum atomic E-state index is 0.556. The zero-order valence-corrected chi connectivity index (χ0v) is 13.1. The van der Waals surface area contributed by atoms with E-state index in [9.17, 15) is 0 Å². The molecule has 2 aliphatic rings. The Labute approximate surface area is 123 Å². The Hall–Kier alpha value is -0.830. The van der Waals surface area contributed by atoms with Crippen molar-refractivity contribution in [3.05, 3.63) is 17.5 Å². The van der Waals surface area contributed by atoms with Crippen LogP contribution in [0.4, 0.5) is 0 Å². The molecule has 2 aliphatic carbocycles. The normalized spacial score (nSPS) is 30.2. The number of hydrogen-bond acceptors (Lipinski definition) is 2. The van der Waals surface area contributed by atoms with Crippen molar-refractivity contribution in [1.82, 2.24) is 15.1 Å². The molecule has 1 N–H and O–H groups in total. The average molecular weight is 275 g/mol. The SMILES string of the molecule is CCCC1CCC(NC2CCCc3c2cnn3C)CC1. The molecular formula is C17H29N3. The van der Waals surface area contributed by atoms with E-state index in [0.29, 0.717) is 6.04 Å². The van der Waals surface area contributed by atoms with Gasteiger partial charge in [-0.15, -0.1) is 0 Å². The van der Waals surface area contributed by atoms with Crippen LogP contribution in [0.15, 0.2) is 6.20 Å². The maximum Gasteiger partial charge on any atom is 0.0540 e. The van der Waals surface area contributed by atoms with E-state index in [0.717, 1.165) is 12.0 Å². The standard InChI is InChI=1S/C17H29N3/c1-3-5-13-8-10-14(11-9-13)19-16-6-4-7-17-15(16)12-18-20(17)2/h12-14,16,19H,3-11H2,1-2H3. The third-order valence-corrected chi connectivity index (χ3v) is 5.36. The van der Waals surface area contributed by atoms with Gasteiger partial charge in [-0.1, -0.05) is 19.8 Å². The molecule has 0 saturated heterocycles. The van der Waals surface area contributed by atoms with Crippen LogP contribution in [0.25, 0.3) is 0 Å². The van der Waals surface area contributed by atoms with Crippen molar-refractivity contribution in [2.45, 2.75) is 76.8 Å². The molecule has 0 amide bonds. The summed E-state index contributed by atoms with van der Waals surface area (Å²) in [5, 5.41) is 8.39. The quantitative estimate of drug-likeness (QED) is 0.907. The number of nitrogens with one attached hydrogen (secondary N) is 1. The first-order chi connectivity index (χ1) is 9.78. The Morgan fingerprint density at radius 1 is 1.25 bits per heavy atom. The lowest BCUT2D eigenvalue weighted by molar-refractivity contribution is 0.256. The first-order valence-electron chi connectivity index (χ1n) is 8.54. The molecule has 0 bridgehead atoms. The molecule has 112 valence electrons. The molecule has 1 atom stereocenters. The van der Waals surface area contributed by atoms with Gasteiger partial charge in [0.25, 0.3) is 0 Å². The first kappa shape index (κ1) is 14.1. The van der Waals surface area contributed by atoms with E-state index in [1.54, 1.807) is 0 Å². The number of nitrogens with zero attached hydrogens (tertiary/aromatic N) is 2. The fourth-order valence-corrected chi connectivity index (χ4v) is 4.19. The van der Waals surface area contributed by atoms with Gasteiger partial charge in [-0.3, -0.25) is 4.68 Å². The molecule has 0 aliphatic heterocycles. The van der Waals surface area contributed by atoms with Crippen molar-refractivity contribution in [1.29, 1.82) is 0 Å². The van der Waals surface area contributed by atoms with Gasteiger partial charge in [0.1, 0.15) is 0 Å². The lowest BCUT2D eigenvalue weighted by Gasteiger charge is -2.33. The summed E-state index contributed by atoms with van der Waals surface area (Å²) in [4.78, 5) is 0. The molecule has 0 radical (unpaired) electrons. The van der Waals surface area contributed by atoms with E-state index in [2.05, 4.69) is 35.3 Å². The third kappa shape index (κ3) is 2.93. The summed E-state index contributed by atoms with van der Waals surface area (Å²) in [7, 11) is 2.08. The fourth-order valence-electron chi connectivity index (χ4n) is 4.19. The summed E-state index contributed by atoms with van der Waals surface area (Å²) >= 11 is 0. The third-order valence-electron chi connectivity index (χ3n) is 5.36. The van der Waals surface area contributed by atoms with Crippen LogP contribution in [-0.2, 0) is 13.5 Å². The van der Waals surface area contributed by atoms with Gasteiger partial charge in [0.15, 0.2) is 0 Å². The lowest BCUT2D eigenvalue weighted by atomic mass is 9.82. The van der Waals surface area contributed by atoms with E-state index in [4.69, 9.17) is 0 Å². The molecule has 1 heterocycles. The second-order valence-corrected chi connectivity index (χ2v) is 6.79.